The van der Waals surface area contributed by atoms with Crippen LogP contribution in [0, 0.1) is 0 Å². The third-order valence-corrected chi connectivity index (χ3v) is 3.66. The van der Waals surface area contributed by atoms with Gasteiger partial charge < -0.3 is 9.67 Å². The number of carboxylic acids is 1. The molecule has 0 atom stereocenters. The first-order valence-electron chi connectivity index (χ1n) is 6.05. The van der Waals surface area contributed by atoms with Gasteiger partial charge in [0.2, 0.25) is 0 Å². The number of carboxylic acid groups (broad SMARTS) is 1. The first kappa shape index (κ1) is 12.7. The number of hydrogen-bond donors (Lipinski definition) is 1. The minimum Gasteiger partial charge on any atom is -0.478 e. The Morgan fingerprint density at radius 2 is 2.20 bits per heavy atom. The Hall–Kier alpha value is -2.27. The molecule has 1 aromatic carbocycles. The van der Waals surface area contributed by atoms with Crippen LogP contribution in [-0.4, -0.2) is 25.4 Å². The van der Waals surface area contributed by atoms with Crippen LogP contribution in [0.25, 0.3) is 10.9 Å². The molecule has 1 N–H and O–H groups in total. The largest absolute Gasteiger partial charge is 0.478 e. The number of nitrogens with zero attached hydrogens (tertiary/aromatic N) is 3. The molecular weight excluding hydrogens is 278 g/mol. The molecule has 3 rings (SSSR count). The quantitative estimate of drug-likeness (QED) is 0.806. The van der Waals surface area contributed by atoms with Gasteiger partial charge in [-0.3, -0.25) is 4.68 Å². The number of rotatable bonds is 3. The number of aromatic carboxylic acids is 1. The van der Waals surface area contributed by atoms with Crippen LogP contribution in [-0.2, 0) is 13.6 Å². The van der Waals surface area contributed by atoms with E-state index in [0.717, 1.165) is 10.9 Å². The predicted octanol–water partition coefficient (Wildman–Crippen LogP) is 2.77. The van der Waals surface area contributed by atoms with Crippen LogP contribution >= 0.6 is 11.6 Å². The monoisotopic (exact) mass is 289 g/mol. The van der Waals surface area contributed by atoms with Gasteiger partial charge in [-0.25, -0.2) is 4.79 Å². The molecule has 102 valence electrons. The topological polar surface area (TPSA) is 60.1 Å². The van der Waals surface area contributed by atoms with Crippen LogP contribution in [0.1, 0.15) is 16.1 Å². The van der Waals surface area contributed by atoms with Gasteiger partial charge in [-0.05, 0) is 12.1 Å². The standard InChI is InChI=1S/C14H12ClN3O2/c1-17-12(10(7-16-17)14(19)20)8-18-6-5-9-3-2-4-11(15)13(9)18/h2-7H,8H2,1H3,(H,19,20). The van der Waals surface area contributed by atoms with E-state index in [4.69, 9.17) is 11.6 Å². The summed E-state index contributed by atoms with van der Waals surface area (Å²) in [4.78, 5) is 11.2. The van der Waals surface area contributed by atoms with Gasteiger partial charge in [0.1, 0.15) is 5.56 Å². The summed E-state index contributed by atoms with van der Waals surface area (Å²) < 4.78 is 3.51. The number of halogens is 1. The van der Waals surface area contributed by atoms with E-state index in [-0.39, 0.29) is 5.56 Å². The van der Waals surface area contributed by atoms with Gasteiger partial charge in [0, 0.05) is 18.6 Å². The second kappa shape index (κ2) is 4.68. The van der Waals surface area contributed by atoms with Crippen molar-refractivity contribution in [1.82, 2.24) is 14.3 Å². The lowest BCUT2D eigenvalue weighted by atomic mass is 10.2. The Morgan fingerprint density at radius 3 is 2.95 bits per heavy atom. The molecule has 0 aliphatic heterocycles. The van der Waals surface area contributed by atoms with Crippen LogP contribution in [0.2, 0.25) is 5.02 Å². The highest BCUT2D eigenvalue weighted by Crippen LogP contribution is 2.25. The molecule has 3 aromatic rings. The zero-order chi connectivity index (χ0) is 14.3. The third kappa shape index (κ3) is 1.96. The van der Waals surface area contributed by atoms with Gasteiger partial charge in [-0.2, -0.15) is 5.10 Å². The summed E-state index contributed by atoms with van der Waals surface area (Å²) in [6.45, 7) is 0.408. The number of carbonyl (C=O) groups is 1. The fourth-order valence-corrected chi connectivity index (χ4v) is 2.63. The summed E-state index contributed by atoms with van der Waals surface area (Å²) in [6, 6.07) is 7.64. The van der Waals surface area contributed by atoms with E-state index in [0.29, 0.717) is 17.3 Å². The van der Waals surface area contributed by atoms with Crippen molar-refractivity contribution in [2.24, 2.45) is 7.05 Å². The van der Waals surface area contributed by atoms with Gasteiger partial charge in [0.05, 0.1) is 29.0 Å². The molecule has 0 saturated carbocycles. The van der Waals surface area contributed by atoms with Crippen molar-refractivity contribution in [3.63, 3.8) is 0 Å². The van der Waals surface area contributed by atoms with E-state index >= 15 is 0 Å². The number of benzene rings is 1. The van der Waals surface area contributed by atoms with Crippen molar-refractivity contribution in [3.8, 4) is 0 Å². The highest BCUT2D eigenvalue weighted by molar-refractivity contribution is 6.35. The van der Waals surface area contributed by atoms with Crippen molar-refractivity contribution >= 4 is 28.5 Å². The fraction of sp³-hybridized carbons (Fsp3) is 0.143. The first-order valence-corrected chi connectivity index (χ1v) is 6.43. The van der Waals surface area contributed by atoms with Crippen molar-refractivity contribution in [2.75, 3.05) is 0 Å². The summed E-state index contributed by atoms with van der Waals surface area (Å²) in [5.41, 5.74) is 1.74. The maximum Gasteiger partial charge on any atom is 0.339 e. The van der Waals surface area contributed by atoms with E-state index < -0.39 is 5.97 Å². The van der Waals surface area contributed by atoms with E-state index in [2.05, 4.69) is 5.10 Å². The molecule has 0 saturated heterocycles. The minimum atomic E-state index is -0.976. The Bertz CT molecular complexity index is 804. The average molecular weight is 290 g/mol. The summed E-state index contributed by atoms with van der Waals surface area (Å²) >= 11 is 6.23. The highest BCUT2D eigenvalue weighted by Gasteiger charge is 2.16. The van der Waals surface area contributed by atoms with E-state index in [1.54, 1.807) is 11.7 Å². The first-order chi connectivity index (χ1) is 9.58. The van der Waals surface area contributed by atoms with Crippen LogP contribution < -0.4 is 0 Å². The van der Waals surface area contributed by atoms with E-state index in [9.17, 15) is 9.90 Å². The SMILES string of the molecule is Cn1ncc(C(=O)O)c1Cn1ccc2cccc(Cl)c21. The molecule has 2 heterocycles. The molecular formula is C14H12ClN3O2. The maximum atomic E-state index is 11.2. The molecule has 20 heavy (non-hydrogen) atoms. The smallest absolute Gasteiger partial charge is 0.339 e. The molecule has 0 radical (unpaired) electrons. The van der Waals surface area contributed by atoms with Crippen molar-refractivity contribution in [2.45, 2.75) is 6.54 Å². The molecule has 0 aliphatic rings. The number of aryl methyl sites for hydroxylation is 1. The van der Waals surface area contributed by atoms with Gasteiger partial charge in [-0.1, -0.05) is 23.7 Å². The molecule has 5 nitrogen and oxygen atoms in total. The number of para-hydroxylation sites is 1. The summed E-state index contributed by atoms with van der Waals surface area (Å²) in [6.07, 6.45) is 3.26. The molecule has 2 aromatic heterocycles. The summed E-state index contributed by atoms with van der Waals surface area (Å²) in [5, 5.41) is 14.9. The van der Waals surface area contributed by atoms with Crippen LogP contribution in [0.4, 0.5) is 0 Å². The Kier molecular flexibility index (Phi) is 2.99. The van der Waals surface area contributed by atoms with Crippen molar-refractivity contribution in [3.05, 3.63) is 52.9 Å². The minimum absolute atomic E-state index is 0.210. The molecule has 0 unspecified atom stereocenters. The highest BCUT2D eigenvalue weighted by atomic mass is 35.5. The van der Waals surface area contributed by atoms with Crippen LogP contribution in [0.3, 0.4) is 0 Å². The van der Waals surface area contributed by atoms with Crippen molar-refractivity contribution < 1.29 is 9.90 Å². The molecule has 0 bridgehead atoms. The maximum absolute atomic E-state index is 11.2. The second-order valence-corrected chi connectivity index (χ2v) is 4.96. The van der Waals surface area contributed by atoms with Gasteiger partial charge in [-0.15, -0.1) is 0 Å². The lowest BCUT2D eigenvalue weighted by Crippen LogP contribution is -2.09. The van der Waals surface area contributed by atoms with E-state index in [1.165, 1.54) is 6.20 Å². The van der Waals surface area contributed by atoms with Crippen LogP contribution in [0.5, 0.6) is 0 Å². The Labute approximate surface area is 120 Å². The zero-order valence-electron chi connectivity index (χ0n) is 10.7. The van der Waals surface area contributed by atoms with Crippen LogP contribution in [0.15, 0.2) is 36.7 Å². The number of aromatic nitrogens is 3. The van der Waals surface area contributed by atoms with Gasteiger partial charge >= 0.3 is 5.97 Å². The normalized spacial score (nSPS) is 11.1. The number of hydrogen-bond acceptors (Lipinski definition) is 2. The zero-order valence-corrected chi connectivity index (χ0v) is 11.5. The van der Waals surface area contributed by atoms with E-state index in [1.807, 2.05) is 35.0 Å². The predicted molar refractivity (Wildman–Crippen MR) is 76.2 cm³/mol. The Morgan fingerprint density at radius 1 is 1.40 bits per heavy atom. The van der Waals surface area contributed by atoms with Crippen molar-refractivity contribution in [1.29, 1.82) is 0 Å². The Balaban J connectivity index is 2.11. The fourth-order valence-electron chi connectivity index (χ4n) is 2.34. The second-order valence-electron chi connectivity index (χ2n) is 4.56. The summed E-state index contributed by atoms with van der Waals surface area (Å²) in [7, 11) is 1.73. The van der Waals surface area contributed by atoms with Gasteiger partial charge in [0.15, 0.2) is 0 Å². The average Bonchev–Trinajstić information content (AvgIpc) is 2.96. The third-order valence-electron chi connectivity index (χ3n) is 3.35. The number of fused-ring (bicyclic) bond motifs is 1. The summed E-state index contributed by atoms with van der Waals surface area (Å²) in [5.74, 6) is -0.976. The molecule has 6 heteroatoms. The lowest BCUT2D eigenvalue weighted by molar-refractivity contribution is 0.0695. The molecule has 0 spiro atoms. The van der Waals surface area contributed by atoms with Gasteiger partial charge in [0.25, 0.3) is 0 Å². The molecule has 0 fully saturated rings. The lowest BCUT2D eigenvalue weighted by Gasteiger charge is -2.08. The molecule has 0 amide bonds. The molecule has 0 aliphatic carbocycles.